The van der Waals surface area contributed by atoms with Crippen LogP contribution >= 0.6 is 0 Å². The van der Waals surface area contributed by atoms with Crippen LogP contribution in [-0.2, 0) is 6.42 Å². The second-order valence-corrected chi connectivity index (χ2v) is 5.17. The zero-order valence-electron chi connectivity index (χ0n) is 12.3. The van der Waals surface area contributed by atoms with Gasteiger partial charge in [0.25, 0.3) is 6.08 Å². The molecule has 2 aromatic carbocycles. The summed E-state index contributed by atoms with van der Waals surface area (Å²) < 4.78 is 26.3. The third kappa shape index (κ3) is 4.62. The molecule has 0 aliphatic heterocycles. The molecule has 0 aromatic heterocycles. The van der Waals surface area contributed by atoms with E-state index in [-0.39, 0.29) is 5.57 Å². The number of carbonyl (C=O) groups is 1. The summed E-state index contributed by atoms with van der Waals surface area (Å²) in [6.45, 7) is 0. The molecule has 0 amide bonds. The first-order chi connectivity index (χ1) is 10.7. The highest BCUT2D eigenvalue weighted by molar-refractivity contribution is 5.76. The van der Waals surface area contributed by atoms with Crippen LogP contribution in [0.3, 0.4) is 0 Å². The largest absolute Gasteiger partial charge is 0.298 e. The third-order valence-electron chi connectivity index (χ3n) is 3.61. The van der Waals surface area contributed by atoms with E-state index in [9.17, 15) is 13.6 Å². The summed E-state index contributed by atoms with van der Waals surface area (Å²) in [4.78, 5) is 10.6. The van der Waals surface area contributed by atoms with Crippen LogP contribution in [0.2, 0.25) is 0 Å². The molecule has 0 unspecified atom stereocenters. The molecule has 0 N–H and O–H groups in total. The van der Waals surface area contributed by atoms with Gasteiger partial charge in [0.15, 0.2) is 0 Å². The molecule has 0 heterocycles. The minimum absolute atomic E-state index is 0.0745. The van der Waals surface area contributed by atoms with Crippen LogP contribution in [0.5, 0.6) is 0 Å². The van der Waals surface area contributed by atoms with E-state index in [1.54, 1.807) is 24.3 Å². The van der Waals surface area contributed by atoms with Gasteiger partial charge in [-0.25, -0.2) is 0 Å². The highest BCUT2D eigenvalue weighted by atomic mass is 19.3. The Kier molecular flexibility index (Phi) is 6.01. The van der Waals surface area contributed by atoms with Crippen molar-refractivity contribution in [3.63, 3.8) is 0 Å². The maximum atomic E-state index is 13.1. The van der Waals surface area contributed by atoms with Crippen LogP contribution in [0.25, 0.3) is 5.57 Å². The normalized spacial score (nSPS) is 10.3. The summed E-state index contributed by atoms with van der Waals surface area (Å²) in [5.74, 6) is 0. The molecule has 114 valence electrons. The summed E-state index contributed by atoms with van der Waals surface area (Å²) in [5.41, 5.74) is 2.28. The monoisotopic (exact) mass is 300 g/mol. The molecule has 22 heavy (non-hydrogen) atoms. The van der Waals surface area contributed by atoms with E-state index in [1.165, 1.54) is 5.56 Å². The van der Waals surface area contributed by atoms with Crippen LogP contribution in [0.1, 0.15) is 40.7 Å². The van der Waals surface area contributed by atoms with E-state index in [4.69, 9.17) is 0 Å². The van der Waals surface area contributed by atoms with Crippen molar-refractivity contribution < 1.29 is 13.6 Å². The Hall–Kier alpha value is -2.29. The quantitative estimate of drug-likeness (QED) is 0.486. The molecule has 1 nitrogen and oxygen atoms in total. The number of halogens is 2. The second kappa shape index (κ2) is 8.23. The average Bonchev–Trinajstić information content (AvgIpc) is 2.56. The van der Waals surface area contributed by atoms with E-state index in [0.717, 1.165) is 12.8 Å². The van der Waals surface area contributed by atoms with Crippen molar-refractivity contribution in [2.24, 2.45) is 0 Å². The van der Waals surface area contributed by atoms with Crippen molar-refractivity contribution in [2.75, 3.05) is 0 Å². The predicted molar refractivity (Wildman–Crippen MR) is 85.0 cm³/mol. The molecule has 0 atom stereocenters. The zero-order valence-corrected chi connectivity index (χ0v) is 12.3. The number of aldehydes is 1. The smallest absolute Gasteiger partial charge is 0.274 e. The van der Waals surface area contributed by atoms with Gasteiger partial charge in [-0.1, -0.05) is 54.6 Å². The van der Waals surface area contributed by atoms with Crippen molar-refractivity contribution in [1.29, 1.82) is 0 Å². The van der Waals surface area contributed by atoms with Crippen LogP contribution in [-0.4, -0.2) is 6.29 Å². The number of rotatable bonds is 7. The van der Waals surface area contributed by atoms with Gasteiger partial charge in [-0.3, -0.25) is 4.79 Å². The molecule has 0 radical (unpaired) electrons. The van der Waals surface area contributed by atoms with Crippen molar-refractivity contribution in [3.05, 3.63) is 77.4 Å². The lowest BCUT2D eigenvalue weighted by Crippen LogP contribution is -1.91. The Morgan fingerprint density at radius 3 is 2.18 bits per heavy atom. The summed E-state index contributed by atoms with van der Waals surface area (Å²) in [6, 6.07) is 16.3. The Bertz CT molecular complexity index is 626. The van der Waals surface area contributed by atoms with Gasteiger partial charge in [-0.05, 0) is 36.8 Å². The van der Waals surface area contributed by atoms with Crippen LogP contribution < -0.4 is 0 Å². The van der Waals surface area contributed by atoms with Crippen LogP contribution in [0.15, 0.2) is 60.7 Å². The summed E-state index contributed by atoms with van der Waals surface area (Å²) in [5, 5.41) is 0. The van der Waals surface area contributed by atoms with Crippen molar-refractivity contribution in [1.82, 2.24) is 0 Å². The molecule has 2 rings (SSSR count). The minimum atomic E-state index is -1.64. The first-order valence-electron chi connectivity index (χ1n) is 7.34. The lowest BCUT2D eigenvalue weighted by Gasteiger charge is -2.07. The first kappa shape index (κ1) is 16.1. The van der Waals surface area contributed by atoms with E-state index in [2.05, 4.69) is 0 Å². The van der Waals surface area contributed by atoms with E-state index >= 15 is 0 Å². The van der Waals surface area contributed by atoms with Gasteiger partial charge in [0, 0.05) is 11.1 Å². The molecule has 0 aliphatic carbocycles. The Balaban J connectivity index is 1.92. The number of hydrogen-bond acceptors (Lipinski definition) is 1. The maximum absolute atomic E-state index is 13.1. The molecular weight excluding hydrogens is 282 g/mol. The number of unbranched alkanes of at least 4 members (excludes halogenated alkanes) is 1. The highest BCUT2D eigenvalue weighted by Crippen LogP contribution is 2.26. The Morgan fingerprint density at radius 1 is 0.909 bits per heavy atom. The SMILES string of the molecule is O=Cc1ccc(C(CCCCc2ccccc2)=C(F)F)cc1. The number of allylic oxidation sites excluding steroid dienone is 1. The molecule has 0 saturated heterocycles. The Labute approximate surface area is 129 Å². The number of hydrogen-bond donors (Lipinski definition) is 0. The second-order valence-electron chi connectivity index (χ2n) is 5.17. The fraction of sp³-hybridized carbons (Fsp3) is 0.211. The van der Waals surface area contributed by atoms with Gasteiger partial charge in [0.1, 0.15) is 6.29 Å². The fourth-order valence-electron chi connectivity index (χ4n) is 2.39. The molecule has 0 spiro atoms. The number of benzene rings is 2. The summed E-state index contributed by atoms with van der Waals surface area (Å²) >= 11 is 0. The molecule has 3 heteroatoms. The lowest BCUT2D eigenvalue weighted by molar-refractivity contribution is 0.112. The number of aryl methyl sites for hydroxylation is 1. The van der Waals surface area contributed by atoms with E-state index in [0.29, 0.717) is 30.3 Å². The third-order valence-corrected chi connectivity index (χ3v) is 3.61. The van der Waals surface area contributed by atoms with E-state index in [1.807, 2.05) is 30.3 Å². The molecular formula is C19H18F2O. The van der Waals surface area contributed by atoms with Gasteiger partial charge < -0.3 is 0 Å². The first-order valence-corrected chi connectivity index (χ1v) is 7.34. The minimum Gasteiger partial charge on any atom is -0.298 e. The number of carbonyl (C=O) groups excluding carboxylic acids is 1. The fourth-order valence-corrected chi connectivity index (χ4v) is 2.39. The van der Waals surface area contributed by atoms with Crippen molar-refractivity contribution in [3.8, 4) is 0 Å². The highest BCUT2D eigenvalue weighted by Gasteiger charge is 2.09. The van der Waals surface area contributed by atoms with Gasteiger partial charge >= 0.3 is 0 Å². The average molecular weight is 300 g/mol. The van der Waals surface area contributed by atoms with E-state index < -0.39 is 6.08 Å². The summed E-state index contributed by atoms with van der Waals surface area (Å²) in [7, 11) is 0. The molecule has 0 saturated carbocycles. The van der Waals surface area contributed by atoms with Crippen molar-refractivity contribution in [2.45, 2.75) is 25.7 Å². The van der Waals surface area contributed by atoms with Crippen LogP contribution in [0, 0.1) is 0 Å². The molecule has 2 aromatic rings. The van der Waals surface area contributed by atoms with Gasteiger partial charge in [0.05, 0.1) is 0 Å². The van der Waals surface area contributed by atoms with Gasteiger partial charge in [0.2, 0.25) is 0 Å². The topological polar surface area (TPSA) is 17.1 Å². The maximum Gasteiger partial charge on any atom is 0.274 e. The standard InChI is InChI=1S/C19H18F2O/c20-19(21)18(17-12-10-16(14-22)11-13-17)9-5-4-8-15-6-2-1-3-7-15/h1-3,6-7,10-14H,4-5,8-9H2. The zero-order chi connectivity index (χ0) is 15.8. The lowest BCUT2D eigenvalue weighted by atomic mass is 9.98. The summed E-state index contributed by atoms with van der Waals surface area (Å²) in [6.07, 6.45) is 1.88. The molecule has 0 fully saturated rings. The molecule has 0 bridgehead atoms. The molecule has 0 aliphatic rings. The van der Waals surface area contributed by atoms with Crippen LogP contribution in [0.4, 0.5) is 8.78 Å². The van der Waals surface area contributed by atoms with Gasteiger partial charge in [-0.15, -0.1) is 0 Å². The van der Waals surface area contributed by atoms with Gasteiger partial charge in [-0.2, -0.15) is 8.78 Å². The predicted octanol–water partition coefficient (Wildman–Crippen LogP) is 5.52. The Morgan fingerprint density at radius 2 is 1.59 bits per heavy atom. The van der Waals surface area contributed by atoms with Crippen molar-refractivity contribution >= 4 is 11.9 Å².